The summed E-state index contributed by atoms with van der Waals surface area (Å²) in [6.45, 7) is 1.01. The Morgan fingerprint density at radius 3 is 2.77 bits per heavy atom. The van der Waals surface area contributed by atoms with E-state index in [1.54, 1.807) is 29.3 Å². The van der Waals surface area contributed by atoms with Gasteiger partial charge in [-0.3, -0.25) is 0 Å². The van der Waals surface area contributed by atoms with Crippen LogP contribution in [0.1, 0.15) is 19.3 Å². The van der Waals surface area contributed by atoms with Gasteiger partial charge in [-0.2, -0.15) is 5.10 Å². The van der Waals surface area contributed by atoms with Gasteiger partial charge in [-0.05, 0) is 31.4 Å². The van der Waals surface area contributed by atoms with Gasteiger partial charge in [0.25, 0.3) is 0 Å². The summed E-state index contributed by atoms with van der Waals surface area (Å²) in [4.78, 5) is 21.9. The van der Waals surface area contributed by atoms with Crippen molar-refractivity contribution in [2.24, 2.45) is 0 Å². The van der Waals surface area contributed by atoms with E-state index in [-0.39, 0.29) is 17.7 Å². The first-order valence-electron chi connectivity index (χ1n) is 9.48. The number of likely N-dealkylation sites (tertiary alicyclic amines) is 1. The highest BCUT2D eigenvalue weighted by Gasteiger charge is 2.20. The number of amides is 1. The molecule has 1 amide bonds. The Hall–Kier alpha value is -3.20. The molecule has 4 rings (SSSR count). The van der Waals surface area contributed by atoms with Crippen LogP contribution in [0.25, 0.3) is 16.9 Å². The topological polar surface area (TPSA) is 82.4 Å². The fraction of sp³-hybridized carbons (Fsp3) is 0.300. The van der Waals surface area contributed by atoms with Crippen LogP contribution in [-0.4, -0.2) is 50.6 Å². The van der Waals surface area contributed by atoms with Crippen molar-refractivity contribution < 1.29 is 18.7 Å². The molecule has 0 unspecified atom stereocenters. The third-order valence-corrected chi connectivity index (χ3v) is 4.98. The Kier molecular flexibility index (Phi) is 6.08. The summed E-state index contributed by atoms with van der Waals surface area (Å²) < 4.78 is 26.2. The van der Waals surface area contributed by atoms with Gasteiger partial charge in [-0.1, -0.05) is 23.7 Å². The van der Waals surface area contributed by atoms with Gasteiger partial charge in [-0.15, -0.1) is 0 Å². The van der Waals surface area contributed by atoms with Gasteiger partial charge in [-0.25, -0.2) is 23.8 Å². The maximum Gasteiger partial charge on any atom is 0.412 e. The molecule has 1 aliphatic rings. The Labute approximate surface area is 177 Å². The number of para-hydroxylation sites is 1. The van der Waals surface area contributed by atoms with Crippen LogP contribution in [0.15, 0.2) is 43.0 Å². The molecule has 3 aromatic rings. The number of piperidine rings is 1. The van der Waals surface area contributed by atoms with Gasteiger partial charge >= 0.3 is 6.09 Å². The van der Waals surface area contributed by atoms with E-state index < -0.39 is 11.9 Å². The van der Waals surface area contributed by atoms with Crippen molar-refractivity contribution in [3.05, 3.63) is 54.0 Å². The summed E-state index contributed by atoms with van der Waals surface area (Å²) in [6, 6.07) is 6.27. The van der Waals surface area contributed by atoms with Gasteiger partial charge in [0, 0.05) is 24.8 Å². The van der Waals surface area contributed by atoms with Gasteiger partial charge in [0.15, 0.2) is 10.9 Å². The molecule has 0 spiro atoms. The monoisotopic (exact) mass is 431 g/mol. The molecule has 2 aromatic heterocycles. The Bertz CT molecular complexity index is 1040. The second kappa shape index (κ2) is 9.08. The molecule has 1 fully saturated rings. The summed E-state index contributed by atoms with van der Waals surface area (Å²) in [5, 5.41) is 4.25. The molecule has 1 saturated heterocycles. The number of carbonyl (C=O) groups excluding carboxylic acids is 1. The van der Waals surface area contributed by atoms with Crippen LogP contribution in [0.3, 0.4) is 0 Å². The van der Waals surface area contributed by atoms with E-state index in [2.05, 4.69) is 15.1 Å². The fourth-order valence-electron chi connectivity index (χ4n) is 3.21. The van der Waals surface area contributed by atoms with Gasteiger partial charge in [0.1, 0.15) is 23.5 Å². The van der Waals surface area contributed by atoms with Crippen molar-refractivity contribution in [2.75, 3.05) is 19.9 Å². The summed E-state index contributed by atoms with van der Waals surface area (Å²) in [6.07, 6.45) is 7.00. The zero-order chi connectivity index (χ0) is 20.9. The van der Waals surface area contributed by atoms with Crippen LogP contribution in [0.5, 0.6) is 5.75 Å². The standard InChI is InChI=1S/C20H19ClFN5O3/c21-19-18(29-13-30-20(28)26-8-4-1-5-9-26)17(23-12-24-19)14-10-25-27(11-14)16-7-3-2-6-15(16)22/h2-3,6-7,10-12H,1,4-5,8-9,13H2. The lowest BCUT2D eigenvalue weighted by Crippen LogP contribution is -2.36. The van der Waals surface area contributed by atoms with Crippen LogP contribution < -0.4 is 4.74 Å². The van der Waals surface area contributed by atoms with E-state index in [4.69, 9.17) is 21.1 Å². The average molecular weight is 432 g/mol. The van der Waals surface area contributed by atoms with Crippen LogP contribution in [0, 0.1) is 5.82 Å². The first-order chi connectivity index (χ1) is 14.6. The average Bonchev–Trinajstić information content (AvgIpc) is 3.25. The first-order valence-corrected chi connectivity index (χ1v) is 9.86. The Balaban J connectivity index is 1.49. The lowest BCUT2D eigenvalue weighted by Gasteiger charge is -2.25. The SMILES string of the molecule is O=C(OCOc1c(Cl)ncnc1-c1cnn(-c2ccccc2F)c1)N1CCCCC1. The second-order valence-corrected chi connectivity index (χ2v) is 7.05. The van der Waals surface area contributed by atoms with Crippen LogP contribution in [0.2, 0.25) is 5.15 Å². The highest BCUT2D eigenvalue weighted by atomic mass is 35.5. The number of benzene rings is 1. The predicted molar refractivity (Wildman–Crippen MR) is 107 cm³/mol. The van der Waals surface area contributed by atoms with Crippen molar-refractivity contribution in [1.29, 1.82) is 0 Å². The molecule has 1 aliphatic heterocycles. The van der Waals surface area contributed by atoms with E-state index in [1.165, 1.54) is 23.3 Å². The van der Waals surface area contributed by atoms with Crippen LogP contribution in [0.4, 0.5) is 9.18 Å². The quantitative estimate of drug-likeness (QED) is 0.447. The molecule has 0 N–H and O–H groups in total. The summed E-state index contributed by atoms with van der Waals surface area (Å²) >= 11 is 6.18. The van der Waals surface area contributed by atoms with E-state index in [0.29, 0.717) is 30.0 Å². The molecule has 3 heterocycles. The van der Waals surface area contributed by atoms with Gasteiger partial charge < -0.3 is 14.4 Å². The summed E-state index contributed by atoms with van der Waals surface area (Å²) in [5.41, 5.74) is 1.19. The molecule has 0 atom stereocenters. The maximum absolute atomic E-state index is 14.0. The van der Waals surface area contributed by atoms with Crippen LogP contribution in [-0.2, 0) is 4.74 Å². The van der Waals surface area contributed by atoms with E-state index in [9.17, 15) is 9.18 Å². The highest BCUT2D eigenvalue weighted by molar-refractivity contribution is 6.31. The lowest BCUT2D eigenvalue weighted by atomic mass is 10.1. The Morgan fingerprint density at radius 1 is 1.17 bits per heavy atom. The van der Waals surface area contributed by atoms with Crippen molar-refractivity contribution >= 4 is 17.7 Å². The number of rotatable bonds is 5. The number of halogens is 2. The molecule has 0 aliphatic carbocycles. The first kappa shape index (κ1) is 20.1. The molecular weight excluding hydrogens is 413 g/mol. The minimum absolute atomic E-state index is 0.0627. The lowest BCUT2D eigenvalue weighted by molar-refractivity contribution is 0.0316. The number of hydrogen-bond donors (Lipinski definition) is 0. The Morgan fingerprint density at radius 2 is 1.97 bits per heavy atom. The molecule has 156 valence electrons. The summed E-state index contributed by atoms with van der Waals surface area (Å²) in [5.74, 6) is -0.257. The predicted octanol–water partition coefficient (Wildman–Crippen LogP) is 4.08. The zero-order valence-corrected chi connectivity index (χ0v) is 16.8. The van der Waals surface area contributed by atoms with Crippen molar-refractivity contribution in [1.82, 2.24) is 24.6 Å². The third kappa shape index (κ3) is 4.35. The highest BCUT2D eigenvalue weighted by Crippen LogP contribution is 2.33. The maximum atomic E-state index is 14.0. The number of carbonyl (C=O) groups is 1. The normalized spacial score (nSPS) is 13.9. The largest absolute Gasteiger partial charge is 0.452 e. The van der Waals surface area contributed by atoms with Gasteiger partial charge in [0.05, 0.1) is 6.20 Å². The van der Waals surface area contributed by atoms with E-state index in [0.717, 1.165) is 19.3 Å². The van der Waals surface area contributed by atoms with Crippen molar-refractivity contribution in [2.45, 2.75) is 19.3 Å². The van der Waals surface area contributed by atoms with Crippen LogP contribution >= 0.6 is 11.6 Å². The summed E-state index contributed by atoms with van der Waals surface area (Å²) in [7, 11) is 0. The number of ether oxygens (including phenoxy) is 2. The smallest absolute Gasteiger partial charge is 0.412 e. The van der Waals surface area contributed by atoms with Crippen molar-refractivity contribution in [3.8, 4) is 22.7 Å². The second-order valence-electron chi connectivity index (χ2n) is 6.69. The van der Waals surface area contributed by atoms with Crippen molar-refractivity contribution in [3.63, 3.8) is 0 Å². The molecule has 0 saturated carbocycles. The molecule has 1 aromatic carbocycles. The fourth-order valence-corrected chi connectivity index (χ4v) is 3.39. The zero-order valence-electron chi connectivity index (χ0n) is 16.0. The van der Waals surface area contributed by atoms with E-state index in [1.807, 2.05) is 0 Å². The third-order valence-electron chi connectivity index (χ3n) is 4.72. The van der Waals surface area contributed by atoms with Gasteiger partial charge in [0.2, 0.25) is 6.79 Å². The molecule has 0 bridgehead atoms. The molecular formula is C20H19ClFN5O3. The minimum Gasteiger partial charge on any atom is -0.452 e. The number of nitrogens with zero attached hydrogens (tertiary/aromatic N) is 5. The number of aromatic nitrogens is 4. The number of hydrogen-bond acceptors (Lipinski definition) is 6. The molecule has 10 heteroatoms. The molecule has 0 radical (unpaired) electrons. The molecule has 30 heavy (non-hydrogen) atoms. The molecule has 8 nitrogen and oxygen atoms in total. The van der Waals surface area contributed by atoms with E-state index >= 15 is 0 Å². The minimum atomic E-state index is -0.434.